The Kier molecular flexibility index (Phi) is 8.96. The fourth-order valence-electron chi connectivity index (χ4n) is 2.18. The lowest BCUT2D eigenvalue weighted by Gasteiger charge is -2.17. The quantitative estimate of drug-likeness (QED) is 0.425. The Morgan fingerprint density at radius 2 is 1.86 bits per heavy atom. The average Bonchev–Trinajstić information content (AvgIpc) is 3.23. The van der Waals surface area contributed by atoms with E-state index in [1.54, 1.807) is 17.8 Å². The summed E-state index contributed by atoms with van der Waals surface area (Å²) in [7, 11) is 0. The van der Waals surface area contributed by atoms with Gasteiger partial charge in [-0.2, -0.15) is 11.8 Å². The normalized spacial score (nSPS) is 11.5. The van der Waals surface area contributed by atoms with E-state index < -0.39 is 17.9 Å². The zero-order valence-corrected chi connectivity index (χ0v) is 17.3. The van der Waals surface area contributed by atoms with Gasteiger partial charge in [-0.15, -0.1) is 11.8 Å². The van der Waals surface area contributed by atoms with Gasteiger partial charge in [0.05, 0.1) is 12.0 Å². The van der Waals surface area contributed by atoms with E-state index in [9.17, 15) is 14.4 Å². The van der Waals surface area contributed by atoms with Crippen LogP contribution in [0.25, 0.3) is 0 Å². The molecule has 9 heteroatoms. The van der Waals surface area contributed by atoms with Crippen molar-refractivity contribution < 1.29 is 18.8 Å². The molecule has 0 aliphatic rings. The summed E-state index contributed by atoms with van der Waals surface area (Å²) >= 11 is 2.93. The minimum Gasteiger partial charge on any atom is -0.459 e. The fraction of sp³-hybridized carbons (Fsp3) is 0.316. The van der Waals surface area contributed by atoms with Crippen LogP contribution in [0.3, 0.4) is 0 Å². The standard InChI is InChI=1S/C19H23N3O4S2/c1-13-5-7-14(8-6-13)28-12-17(23)21-22-18(24)15(9-11-27-2)20-19(25)16-4-3-10-26-16/h3-8,10,15H,9,11-12H2,1-2H3,(H,20,25)(H,21,23)(H,22,24). The van der Waals surface area contributed by atoms with Crippen molar-refractivity contribution in [3.8, 4) is 0 Å². The minimum atomic E-state index is -0.782. The molecule has 0 bridgehead atoms. The van der Waals surface area contributed by atoms with E-state index in [0.717, 1.165) is 10.5 Å². The number of hydrazine groups is 1. The van der Waals surface area contributed by atoms with Crippen molar-refractivity contribution >= 4 is 41.2 Å². The molecular weight excluding hydrogens is 398 g/mol. The molecule has 3 N–H and O–H groups in total. The molecule has 1 aromatic heterocycles. The van der Waals surface area contributed by atoms with Gasteiger partial charge in [-0.1, -0.05) is 17.7 Å². The molecule has 0 aliphatic carbocycles. The van der Waals surface area contributed by atoms with E-state index in [2.05, 4.69) is 16.2 Å². The van der Waals surface area contributed by atoms with Crippen molar-refractivity contribution in [3.05, 3.63) is 54.0 Å². The molecule has 7 nitrogen and oxygen atoms in total. The molecule has 2 rings (SSSR count). The van der Waals surface area contributed by atoms with Crippen molar-refractivity contribution in [2.45, 2.75) is 24.3 Å². The predicted octanol–water partition coefficient (Wildman–Crippen LogP) is 2.38. The number of thioether (sulfide) groups is 2. The van der Waals surface area contributed by atoms with Crippen LogP contribution in [-0.4, -0.2) is 41.5 Å². The van der Waals surface area contributed by atoms with E-state index in [-0.39, 0.29) is 17.4 Å². The van der Waals surface area contributed by atoms with Gasteiger partial charge in [-0.3, -0.25) is 25.2 Å². The molecule has 0 radical (unpaired) electrons. The second kappa shape index (κ2) is 11.5. The van der Waals surface area contributed by atoms with Crippen LogP contribution in [0.4, 0.5) is 0 Å². The van der Waals surface area contributed by atoms with Crippen LogP contribution in [0.15, 0.2) is 52.0 Å². The number of carbonyl (C=O) groups is 3. The molecule has 1 heterocycles. The summed E-state index contributed by atoms with van der Waals surface area (Å²) in [6.07, 6.45) is 3.72. The summed E-state index contributed by atoms with van der Waals surface area (Å²) in [5.41, 5.74) is 5.92. The first-order valence-electron chi connectivity index (χ1n) is 8.61. The van der Waals surface area contributed by atoms with Gasteiger partial charge >= 0.3 is 0 Å². The Bertz CT molecular complexity index is 779. The number of hydrogen-bond acceptors (Lipinski definition) is 6. The van der Waals surface area contributed by atoms with Gasteiger partial charge in [0, 0.05) is 4.90 Å². The lowest BCUT2D eigenvalue weighted by molar-refractivity contribution is -0.128. The summed E-state index contributed by atoms with van der Waals surface area (Å²) in [6.45, 7) is 1.99. The maximum Gasteiger partial charge on any atom is 0.287 e. The van der Waals surface area contributed by atoms with Crippen LogP contribution < -0.4 is 16.2 Å². The largest absolute Gasteiger partial charge is 0.459 e. The van der Waals surface area contributed by atoms with Gasteiger partial charge in [-0.05, 0) is 49.6 Å². The number of aryl methyl sites for hydroxylation is 1. The zero-order valence-electron chi connectivity index (χ0n) is 15.7. The minimum absolute atomic E-state index is 0.125. The molecule has 2 aromatic rings. The highest BCUT2D eigenvalue weighted by molar-refractivity contribution is 8.00. The molecular formula is C19H23N3O4S2. The number of amides is 3. The SMILES string of the molecule is CSCCC(NC(=O)c1ccco1)C(=O)NNC(=O)CSc1ccc(C)cc1. The zero-order chi connectivity index (χ0) is 20.4. The summed E-state index contributed by atoms with van der Waals surface area (Å²) < 4.78 is 5.04. The van der Waals surface area contributed by atoms with E-state index >= 15 is 0 Å². The van der Waals surface area contributed by atoms with Gasteiger partial charge in [-0.25, -0.2) is 0 Å². The van der Waals surface area contributed by atoms with E-state index in [1.165, 1.54) is 24.1 Å². The Hall–Kier alpha value is -2.39. The Morgan fingerprint density at radius 1 is 1.11 bits per heavy atom. The summed E-state index contributed by atoms with van der Waals surface area (Å²) in [5.74, 6) is -0.332. The molecule has 0 spiro atoms. The van der Waals surface area contributed by atoms with Crippen molar-refractivity contribution in [1.82, 2.24) is 16.2 Å². The Morgan fingerprint density at radius 3 is 2.50 bits per heavy atom. The number of hydrogen-bond donors (Lipinski definition) is 3. The molecule has 0 fully saturated rings. The van der Waals surface area contributed by atoms with Crippen LogP contribution in [-0.2, 0) is 9.59 Å². The van der Waals surface area contributed by atoms with Crippen LogP contribution >= 0.6 is 23.5 Å². The number of carbonyl (C=O) groups excluding carboxylic acids is 3. The van der Waals surface area contributed by atoms with Gasteiger partial charge in [0.1, 0.15) is 6.04 Å². The maximum atomic E-state index is 12.4. The second-order valence-electron chi connectivity index (χ2n) is 5.92. The third-order valence-electron chi connectivity index (χ3n) is 3.69. The van der Waals surface area contributed by atoms with Gasteiger partial charge in [0.15, 0.2) is 5.76 Å². The molecule has 0 saturated heterocycles. The molecule has 1 unspecified atom stereocenters. The lowest BCUT2D eigenvalue weighted by atomic mass is 10.2. The Balaban J connectivity index is 1.81. The topological polar surface area (TPSA) is 100 Å². The molecule has 0 saturated carbocycles. The first-order chi connectivity index (χ1) is 13.5. The molecule has 3 amide bonds. The molecule has 28 heavy (non-hydrogen) atoms. The third-order valence-corrected chi connectivity index (χ3v) is 5.35. The summed E-state index contributed by atoms with van der Waals surface area (Å²) in [5, 5.41) is 2.63. The maximum absolute atomic E-state index is 12.4. The van der Waals surface area contributed by atoms with E-state index in [0.29, 0.717) is 12.2 Å². The molecule has 150 valence electrons. The smallest absolute Gasteiger partial charge is 0.287 e. The third kappa shape index (κ3) is 7.32. The highest BCUT2D eigenvalue weighted by Gasteiger charge is 2.22. The van der Waals surface area contributed by atoms with Crippen LogP contribution in [0.5, 0.6) is 0 Å². The molecule has 1 atom stereocenters. The predicted molar refractivity (Wildman–Crippen MR) is 111 cm³/mol. The summed E-state index contributed by atoms with van der Waals surface area (Å²) in [6, 6.07) is 10.2. The number of rotatable bonds is 9. The van der Waals surface area contributed by atoms with Gasteiger partial charge in [0.2, 0.25) is 5.91 Å². The number of benzene rings is 1. The van der Waals surface area contributed by atoms with Crippen LogP contribution in [0.2, 0.25) is 0 Å². The highest BCUT2D eigenvalue weighted by atomic mass is 32.2. The number of furan rings is 1. The van der Waals surface area contributed by atoms with Crippen molar-refractivity contribution in [1.29, 1.82) is 0 Å². The van der Waals surface area contributed by atoms with Crippen LogP contribution in [0, 0.1) is 6.92 Å². The Labute approximate surface area is 172 Å². The fourth-order valence-corrected chi connectivity index (χ4v) is 3.35. The van der Waals surface area contributed by atoms with Crippen molar-refractivity contribution in [2.24, 2.45) is 0 Å². The van der Waals surface area contributed by atoms with Gasteiger partial charge < -0.3 is 9.73 Å². The monoisotopic (exact) mass is 421 g/mol. The highest BCUT2D eigenvalue weighted by Crippen LogP contribution is 2.17. The van der Waals surface area contributed by atoms with Gasteiger partial charge in [0.25, 0.3) is 11.8 Å². The first kappa shape index (κ1) is 21.9. The van der Waals surface area contributed by atoms with E-state index in [1.807, 2.05) is 37.4 Å². The molecule has 0 aliphatic heterocycles. The van der Waals surface area contributed by atoms with E-state index in [4.69, 9.17) is 4.42 Å². The average molecular weight is 422 g/mol. The first-order valence-corrected chi connectivity index (χ1v) is 11.0. The molecule has 1 aromatic carbocycles. The summed E-state index contributed by atoms with van der Waals surface area (Å²) in [4.78, 5) is 37.5. The lowest BCUT2D eigenvalue weighted by Crippen LogP contribution is -2.52. The van der Waals surface area contributed by atoms with Crippen LogP contribution in [0.1, 0.15) is 22.5 Å². The van der Waals surface area contributed by atoms with Crippen molar-refractivity contribution in [3.63, 3.8) is 0 Å². The number of nitrogens with one attached hydrogen (secondary N) is 3. The van der Waals surface area contributed by atoms with Crippen molar-refractivity contribution in [2.75, 3.05) is 17.8 Å². The second-order valence-corrected chi connectivity index (χ2v) is 7.96.